The molecule has 4 rings (SSSR count). The minimum atomic E-state index is -1.28. The van der Waals surface area contributed by atoms with E-state index in [1.165, 1.54) is 139 Å². The van der Waals surface area contributed by atoms with E-state index in [9.17, 15) is 0 Å². The Bertz CT molecular complexity index is 1250. The second-order valence-electron chi connectivity index (χ2n) is 15.4. The molecule has 2 aromatic carbocycles. The van der Waals surface area contributed by atoms with Gasteiger partial charge in [0.05, 0.1) is 0 Å². The Morgan fingerprint density at radius 3 is 1.02 bits per heavy atom. The fourth-order valence-corrected chi connectivity index (χ4v) is 26.0. The van der Waals surface area contributed by atoms with Gasteiger partial charge in [-0.05, 0) is 0 Å². The molecule has 0 fully saturated rings. The molecule has 5 heteroatoms. The molecule has 0 aromatic heterocycles. The summed E-state index contributed by atoms with van der Waals surface area (Å²) in [6.07, 6.45) is 34.0. The van der Waals surface area contributed by atoms with Crippen LogP contribution in [-0.2, 0) is 22.9 Å². The van der Waals surface area contributed by atoms with E-state index in [0.29, 0.717) is 0 Å². The fraction of sp³-hybridized carbons (Fsp3) is 0.652. The van der Waals surface area contributed by atoms with Gasteiger partial charge in [-0.1, -0.05) is 0 Å². The predicted molar refractivity (Wildman–Crippen MR) is 223 cm³/mol. The Hall–Kier alpha value is 0.230. The number of rotatable bonds is 24. The standard InChI is InChI=1S/2C23H36P.2ClH.Hf/c2*1-5-7-9-11-15-24(16-12-10-8-6-2)21-17-22-19(3)13-14-20(4)23(22)18-21;;;/h2*13-14,17-18H,5-12,15-16H2,1-4H3;2*1H;/q;;;;+2/p-2. The van der Waals surface area contributed by atoms with Crippen molar-refractivity contribution in [2.45, 2.75) is 165 Å². The van der Waals surface area contributed by atoms with Crippen LogP contribution >= 0.6 is 15.8 Å². The summed E-state index contributed by atoms with van der Waals surface area (Å²) in [5.74, 6) is 0. The van der Waals surface area contributed by atoms with E-state index in [0.717, 1.165) is 7.35 Å². The Morgan fingerprint density at radius 2 is 0.725 bits per heavy atom. The molecular formula is C46H72Cl2HfP2. The van der Waals surface area contributed by atoms with Gasteiger partial charge < -0.3 is 24.8 Å². The maximum atomic E-state index is 2.82. The normalized spacial score (nSPS) is 16.0. The summed E-state index contributed by atoms with van der Waals surface area (Å²) in [7, 11) is -0.136. The minimum Gasteiger partial charge on any atom is -1.00 e. The molecule has 0 spiro atoms. The maximum absolute atomic E-state index is 2.82. The summed E-state index contributed by atoms with van der Waals surface area (Å²) in [6, 6.07) is 9.82. The van der Waals surface area contributed by atoms with Gasteiger partial charge in [0.15, 0.2) is 0 Å². The van der Waals surface area contributed by atoms with Gasteiger partial charge in [0.1, 0.15) is 0 Å². The van der Waals surface area contributed by atoms with Crippen molar-refractivity contribution < 1.29 is 47.7 Å². The van der Waals surface area contributed by atoms with Gasteiger partial charge in [-0.25, -0.2) is 0 Å². The van der Waals surface area contributed by atoms with Crippen LogP contribution in [0.25, 0.3) is 12.2 Å². The Labute approximate surface area is 342 Å². The van der Waals surface area contributed by atoms with E-state index in [-0.39, 0.29) is 40.7 Å². The van der Waals surface area contributed by atoms with Gasteiger partial charge in [0, 0.05) is 0 Å². The van der Waals surface area contributed by atoms with Crippen LogP contribution in [0.1, 0.15) is 182 Å². The van der Waals surface area contributed by atoms with E-state index in [1.54, 1.807) is 33.4 Å². The zero-order valence-electron chi connectivity index (χ0n) is 33.9. The van der Waals surface area contributed by atoms with E-state index < -0.39 is 22.9 Å². The van der Waals surface area contributed by atoms with Gasteiger partial charge >= 0.3 is 320 Å². The number of hydrogen-bond acceptors (Lipinski definition) is 0. The van der Waals surface area contributed by atoms with Crippen molar-refractivity contribution in [2.24, 2.45) is 0 Å². The Balaban J connectivity index is 0.00000451. The first kappa shape index (κ1) is 47.4. The van der Waals surface area contributed by atoms with Crippen LogP contribution in [0.4, 0.5) is 0 Å². The summed E-state index contributed by atoms with van der Waals surface area (Å²) in [6.45, 7) is 19.2. The molecule has 0 saturated carbocycles. The minimum absolute atomic E-state index is 0. The number of unbranched alkanes of at least 4 members (excludes halogenated alkanes) is 12. The number of aryl methyl sites for hydroxylation is 4. The molecule has 2 atom stereocenters. The predicted octanol–water partition coefficient (Wildman–Crippen LogP) is 9.79. The van der Waals surface area contributed by atoms with Crippen LogP contribution in [0.5, 0.6) is 0 Å². The van der Waals surface area contributed by atoms with E-state index >= 15 is 0 Å². The number of hydrogen-bond donors (Lipinski definition) is 0. The van der Waals surface area contributed by atoms with Gasteiger partial charge in [-0.2, -0.15) is 0 Å². The average molecular weight is 936 g/mol. The number of halogens is 2. The van der Waals surface area contributed by atoms with Crippen molar-refractivity contribution >= 4 is 28.0 Å². The summed E-state index contributed by atoms with van der Waals surface area (Å²) < 4.78 is 1.55. The Morgan fingerprint density at radius 1 is 0.431 bits per heavy atom. The van der Waals surface area contributed by atoms with Gasteiger partial charge in [-0.3, -0.25) is 0 Å². The van der Waals surface area contributed by atoms with Gasteiger partial charge in [0.25, 0.3) is 0 Å². The summed E-state index contributed by atoms with van der Waals surface area (Å²) >= 11 is -1.28. The molecular weight excluding hydrogens is 864 g/mol. The maximum Gasteiger partial charge on any atom is -1.00 e. The van der Waals surface area contributed by atoms with Crippen molar-refractivity contribution in [3.05, 3.63) is 79.4 Å². The van der Waals surface area contributed by atoms with Gasteiger partial charge in [0.2, 0.25) is 0 Å². The van der Waals surface area contributed by atoms with Crippen LogP contribution < -0.4 is 24.8 Å². The summed E-state index contributed by atoms with van der Waals surface area (Å²) in [4.78, 5) is 0. The first-order valence-electron chi connectivity index (χ1n) is 20.7. The zero-order valence-corrected chi connectivity index (χ0v) is 40.8. The smallest absolute Gasteiger partial charge is 1.00 e. The van der Waals surface area contributed by atoms with Crippen LogP contribution in [-0.4, -0.2) is 24.6 Å². The SMILES string of the molecule is CCCCCCP(CCCCCC)C1=Cc2c(C)ccc(C)c2[CH]1[Hf+2][CH]1C(P(CCCCCC)CCCCCC)=Cc2c(C)ccc(C)c21.[Cl-].[Cl-]. The van der Waals surface area contributed by atoms with Gasteiger partial charge in [-0.15, -0.1) is 0 Å². The topological polar surface area (TPSA) is 0 Å². The second kappa shape index (κ2) is 25.4. The van der Waals surface area contributed by atoms with E-state index in [2.05, 4.69) is 91.8 Å². The molecule has 0 aliphatic heterocycles. The van der Waals surface area contributed by atoms with Crippen molar-refractivity contribution in [2.75, 3.05) is 24.6 Å². The molecule has 0 heterocycles. The summed E-state index contributed by atoms with van der Waals surface area (Å²) in [5.41, 5.74) is 13.1. The van der Waals surface area contributed by atoms with E-state index in [4.69, 9.17) is 0 Å². The molecule has 0 saturated heterocycles. The Kier molecular flexibility index (Phi) is 23.6. The molecule has 0 nitrogen and oxygen atoms in total. The third kappa shape index (κ3) is 13.2. The van der Waals surface area contributed by atoms with Crippen LogP contribution in [0.3, 0.4) is 0 Å². The first-order chi connectivity index (χ1) is 23.9. The average Bonchev–Trinajstić information content (AvgIpc) is 3.68. The molecule has 2 aromatic rings. The first-order valence-corrected chi connectivity index (χ1v) is 28.3. The largest absolute Gasteiger partial charge is 1.00 e. The van der Waals surface area contributed by atoms with E-state index in [1.807, 2.05) is 10.6 Å². The third-order valence-electron chi connectivity index (χ3n) is 11.4. The monoisotopic (exact) mass is 936 g/mol. The zero-order chi connectivity index (χ0) is 35.2. The molecule has 2 aliphatic rings. The molecule has 2 unspecified atom stereocenters. The van der Waals surface area contributed by atoms with Crippen molar-refractivity contribution in [3.8, 4) is 0 Å². The molecule has 0 N–H and O–H groups in total. The van der Waals surface area contributed by atoms with Crippen molar-refractivity contribution in [3.63, 3.8) is 0 Å². The third-order valence-corrected chi connectivity index (χ3v) is 25.5. The van der Waals surface area contributed by atoms with Crippen molar-refractivity contribution in [1.82, 2.24) is 0 Å². The number of benzene rings is 2. The number of fused-ring (bicyclic) bond motifs is 2. The van der Waals surface area contributed by atoms with Crippen LogP contribution in [0.2, 0.25) is 0 Å². The molecule has 0 amide bonds. The quantitative estimate of drug-likeness (QED) is 0.0559. The molecule has 2 aliphatic carbocycles. The second-order valence-corrected chi connectivity index (χ2v) is 25.8. The van der Waals surface area contributed by atoms with Crippen LogP contribution in [0.15, 0.2) is 34.9 Å². The molecule has 0 radical (unpaired) electrons. The number of allylic oxidation sites excluding steroid dienone is 2. The van der Waals surface area contributed by atoms with Crippen LogP contribution in [0, 0.1) is 27.7 Å². The molecule has 284 valence electrons. The van der Waals surface area contributed by atoms with Crippen molar-refractivity contribution in [1.29, 1.82) is 0 Å². The summed E-state index contributed by atoms with van der Waals surface area (Å²) in [5, 5.41) is 3.93. The molecule has 51 heavy (non-hydrogen) atoms. The fourth-order valence-electron chi connectivity index (χ4n) is 8.33. The molecule has 0 bridgehead atoms.